The van der Waals surface area contributed by atoms with E-state index in [2.05, 4.69) is 0 Å². The van der Waals surface area contributed by atoms with E-state index in [0.717, 1.165) is 19.1 Å². The summed E-state index contributed by atoms with van der Waals surface area (Å²) >= 11 is 12.4. The molecule has 1 aliphatic rings. The van der Waals surface area contributed by atoms with Crippen LogP contribution in [0.2, 0.25) is 10.0 Å². The zero-order chi connectivity index (χ0) is 24.3. The largest absolute Gasteiger partial charge is 0.466 e. The van der Waals surface area contributed by atoms with E-state index in [1.807, 2.05) is 12.1 Å². The summed E-state index contributed by atoms with van der Waals surface area (Å²) in [5, 5.41) is 19.9. The number of methoxy groups -OCH3 is 2. The highest BCUT2D eigenvalue weighted by Gasteiger charge is 2.44. The first-order valence-electron chi connectivity index (χ1n) is 9.35. The van der Waals surface area contributed by atoms with Gasteiger partial charge in [0.15, 0.2) is 0 Å². The molecule has 0 aliphatic carbocycles. The Balaban J connectivity index is 2.51. The number of rotatable bonds is 4. The molecule has 1 atom stereocenters. The number of carbonyl (C=O) groups is 2. The fraction of sp³-hybridized carbons (Fsp3) is 0.130. The Kier molecular flexibility index (Phi) is 6.93. The van der Waals surface area contributed by atoms with Crippen LogP contribution < -0.4 is 10.6 Å². The molecule has 1 aliphatic heterocycles. The molecule has 0 fully saturated rings. The van der Waals surface area contributed by atoms with Gasteiger partial charge >= 0.3 is 11.9 Å². The number of ether oxygens (including phenoxy) is 2. The molecule has 2 aromatic rings. The molecule has 3 rings (SSSR count). The van der Waals surface area contributed by atoms with Crippen molar-refractivity contribution in [3.8, 4) is 12.1 Å². The monoisotopic (exact) mass is 482 g/mol. The first-order valence-corrected chi connectivity index (χ1v) is 10.1. The lowest BCUT2D eigenvalue weighted by Gasteiger charge is -2.36. The molecular weight excluding hydrogens is 467 g/mol. The standard InChI is InChI=1S/C23H16Cl2N4O4/c1-32-22(30)18-17(12-6-4-3-5-7-12)15(11-27)21(28)29(20(18)23(31)33-2)19-13(10-26)8-14(24)9-16(19)25/h3-9,17H,28H2,1-2H3. The highest BCUT2D eigenvalue weighted by atomic mass is 35.5. The molecule has 2 N–H and O–H groups in total. The zero-order valence-corrected chi connectivity index (χ0v) is 18.9. The summed E-state index contributed by atoms with van der Waals surface area (Å²) < 4.78 is 9.91. The Morgan fingerprint density at radius 3 is 2.21 bits per heavy atom. The van der Waals surface area contributed by atoms with Gasteiger partial charge in [-0.15, -0.1) is 0 Å². The lowest BCUT2D eigenvalue weighted by atomic mass is 9.80. The molecule has 0 bridgehead atoms. The fourth-order valence-corrected chi connectivity index (χ4v) is 4.20. The summed E-state index contributed by atoms with van der Waals surface area (Å²) in [5.41, 5.74) is 6.24. The Labute approximate surface area is 199 Å². The van der Waals surface area contributed by atoms with Crippen molar-refractivity contribution in [1.29, 1.82) is 10.5 Å². The number of nitriles is 2. The van der Waals surface area contributed by atoms with Gasteiger partial charge < -0.3 is 15.2 Å². The molecule has 33 heavy (non-hydrogen) atoms. The third kappa shape index (κ3) is 4.10. The van der Waals surface area contributed by atoms with Crippen LogP contribution in [0.25, 0.3) is 0 Å². The maximum Gasteiger partial charge on any atom is 0.355 e. The van der Waals surface area contributed by atoms with E-state index in [9.17, 15) is 20.1 Å². The van der Waals surface area contributed by atoms with Gasteiger partial charge in [-0.25, -0.2) is 9.59 Å². The average molecular weight is 483 g/mol. The first-order chi connectivity index (χ1) is 15.8. The summed E-state index contributed by atoms with van der Waals surface area (Å²) in [6.45, 7) is 0. The number of hydrogen-bond donors (Lipinski definition) is 1. The van der Waals surface area contributed by atoms with Crippen molar-refractivity contribution in [2.24, 2.45) is 5.73 Å². The molecule has 0 saturated carbocycles. The Morgan fingerprint density at radius 1 is 1.03 bits per heavy atom. The van der Waals surface area contributed by atoms with Crippen LogP contribution in [-0.2, 0) is 19.1 Å². The van der Waals surface area contributed by atoms with Crippen molar-refractivity contribution < 1.29 is 19.1 Å². The van der Waals surface area contributed by atoms with Crippen molar-refractivity contribution >= 4 is 40.8 Å². The first kappa shape index (κ1) is 23.7. The molecule has 10 heteroatoms. The summed E-state index contributed by atoms with van der Waals surface area (Å²) in [6.07, 6.45) is 0. The molecule has 0 aromatic heterocycles. The molecule has 0 saturated heterocycles. The van der Waals surface area contributed by atoms with E-state index in [1.54, 1.807) is 30.3 Å². The van der Waals surface area contributed by atoms with Gasteiger partial charge in [0, 0.05) is 5.02 Å². The highest BCUT2D eigenvalue weighted by Crippen LogP contribution is 2.46. The lowest BCUT2D eigenvalue weighted by molar-refractivity contribution is -0.139. The van der Waals surface area contributed by atoms with Crippen molar-refractivity contribution in [2.45, 2.75) is 5.92 Å². The Bertz CT molecular complexity index is 1290. The van der Waals surface area contributed by atoms with E-state index >= 15 is 0 Å². The van der Waals surface area contributed by atoms with Crippen molar-refractivity contribution in [3.63, 3.8) is 0 Å². The molecule has 1 unspecified atom stereocenters. The minimum atomic E-state index is -1.04. The third-order valence-corrected chi connectivity index (χ3v) is 5.49. The molecule has 0 radical (unpaired) electrons. The van der Waals surface area contributed by atoms with Crippen LogP contribution in [0.4, 0.5) is 5.69 Å². The van der Waals surface area contributed by atoms with Crippen LogP contribution >= 0.6 is 23.2 Å². The second-order valence-corrected chi connectivity index (χ2v) is 7.57. The van der Waals surface area contributed by atoms with Gasteiger partial charge in [0.1, 0.15) is 17.6 Å². The summed E-state index contributed by atoms with van der Waals surface area (Å²) in [5.74, 6) is -3.09. The SMILES string of the molecule is COC(=O)C1=C(C(=O)OC)N(c2c(Cl)cc(Cl)cc2C#N)C(N)=C(C#N)C1c1ccccc1. The summed E-state index contributed by atoms with van der Waals surface area (Å²) in [7, 11) is 2.26. The molecule has 0 spiro atoms. The minimum absolute atomic E-state index is 0.0388. The Hall–Kier alpha value is -3.98. The molecule has 2 aromatic carbocycles. The zero-order valence-electron chi connectivity index (χ0n) is 17.4. The van der Waals surface area contributed by atoms with Crippen LogP contribution in [0.1, 0.15) is 17.0 Å². The second-order valence-electron chi connectivity index (χ2n) is 6.73. The van der Waals surface area contributed by atoms with E-state index in [4.69, 9.17) is 38.4 Å². The van der Waals surface area contributed by atoms with E-state index < -0.39 is 17.9 Å². The predicted molar refractivity (Wildman–Crippen MR) is 121 cm³/mol. The lowest BCUT2D eigenvalue weighted by Crippen LogP contribution is -2.41. The third-order valence-electron chi connectivity index (χ3n) is 4.98. The maximum absolute atomic E-state index is 13.0. The minimum Gasteiger partial charge on any atom is -0.466 e. The number of benzene rings is 2. The van der Waals surface area contributed by atoms with Gasteiger partial charge in [-0.05, 0) is 17.7 Å². The van der Waals surface area contributed by atoms with Crippen LogP contribution in [0.15, 0.2) is 65.1 Å². The van der Waals surface area contributed by atoms with Gasteiger partial charge in [0.05, 0.1) is 53.6 Å². The number of esters is 2. The molecule has 8 nitrogen and oxygen atoms in total. The average Bonchev–Trinajstić information content (AvgIpc) is 2.82. The van der Waals surface area contributed by atoms with E-state index in [-0.39, 0.29) is 44.0 Å². The van der Waals surface area contributed by atoms with Crippen molar-refractivity contribution in [3.05, 3.63) is 86.3 Å². The predicted octanol–water partition coefficient (Wildman–Crippen LogP) is 3.76. The molecule has 1 heterocycles. The van der Waals surface area contributed by atoms with E-state index in [1.165, 1.54) is 12.1 Å². The molecule has 166 valence electrons. The van der Waals surface area contributed by atoms with Crippen molar-refractivity contribution in [2.75, 3.05) is 19.1 Å². The fourth-order valence-electron chi connectivity index (χ4n) is 3.62. The number of allylic oxidation sites excluding steroid dienone is 1. The highest BCUT2D eigenvalue weighted by molar-refractivity contribution is 6.37. The van der Waals surface area contributed by atoms with Gasteiger partial charge in [-0.1, -0.05) is 53.5 Å². The maximum atomic E-state index is 13.0. The number of nitrogens with two attached hydrogens (primary N) is 1. The number of halogens is 2. The van der Waals surface area contributed by atoms with Gasteiger partial charge in [-0.3, -0.25) is 4.90 Å². The van der Waals surface area contributed by atoms with Gasteiger partial charge in [0.25, 0.3) is 0 Å². The summed E-state index contributed by atoms with van der Waals surface area (Å²) in [4.78, 5) is 27.1. The number of hydrogen-bond acceptors (Lipinski definition) is 8. The Morgan fingerprint density at radius 2 is 1.67 bits per heavy atom. The van der Waals surface area contributed by atoms with Gasteiger partial charge in [0.2, 0.25) is 0 Å². The van der Waals surface area contributed by atoms with Crippen LogP contribution in [-0.4, -0.2) is 26.2 Å². The normalized spacial score (nSPS) is 15.6. The summed E-state index contributed by atoms with van der Waals surface area (Å²) in [6, 6.07) is 15.2. The number of nitrogens with zero attached hydrogens (tertiary/aromatic N) is 3. The topological polar surface area (TPSA) is 129 Å². The second kappa shape index (κ2) is 9.66. The quantitative estimate of drug-likeness (QED) is 0.651. The number of anilines is 1. The van der Waals surface area contributed by atoms with Crippen molar-refractivity contribution in [1.82, 2.24) is 0 Å². The smallest absolute Gasteiger partial charge is 0.355 e. The van der Waals surface area contributed by atoms with Crippen LogP contribution in [0, 0.1) is 22.7 Å². The number of carbonyl (C=O) groups excluding carboxylic acids is 2. The molecule has 0 amide bonds. The molecular formula is C23H16Cl2N4O4. The van der Waals surface area contributed by atoms with Crippen LogP contribution in [0.5, 0.6) is 0 Å². The van der Waals surface area contributed by atoms with Gasteiger partial charge in [-0.2, -0.15) is 10.5 Å². The van der Waals surface area contributed by atoms with E-state index in [0.29, 0.717) is 5.56 Å². The van der Waals surface area contributed by atoms with Crippen LogP contribution in [0.3, 0.4) is 0 Å².